The van der Waals surface area contributed by atoms with Crippen LogP contribution >= 0.6 is 0 Å². The predicted molar refractivity (Wildman–Crippen MR) is 91.8 cm³/mol. The molecule has 1 amide bonds. The third-order valence-electron chi connectivity index (χ3n) is 3.44. The lowest BCUT2D eigenvalue weighted by Gasteiger charge is -2.28. The van der Waals surface area contributed by atoms with E-state index in [9.17, 15) is 4.79 Å². The first-order valence-corrected chi connectivity index (χ1v) is 7.68. The molecule has 0 bridgehead atoms. The monoisotopic (exact) mass is 323 g/mol. The number of nitrogens with zero attached hydrogens (tertiary/aromatic N) is 1. The fraction of sp³-hybridized carbons (Fsp3) is 0.625. The molecule has 1 aromatic heterocycles. The van der Waals surface area contributed by atoms with E-state index in [1.165, 1.54) is 6.20 Å². The van der Waals surface area contributed by atoms with Crippen molar-refractivity contribution in [3.8, 4) is 0 Å². The van der Waals surface area contributed by atoms with Gasteiger partial charge in [0.2, 0.25) is 0 Å². The summed E-state index contributed by atoms with van der Waals surface area (Å²) in [5.41, 5.74) is 8.38. The Hall–Kier alpha value is -1.70. The van der Waals surface area contributed by atoms with Crippen molar-refractivity contribution in [3.63, 3.8) is 0 Å². The number of rotatable bonds is 9. The number of carbonyl (C=O) groups is 1. The molecule has 23 heavy (non-hydrogen) atoms. The highest BCUT2D eigenvalue weighted by Gasteiger charge is 2.22. The number of pyridine rings is 1. The van der Waals surface area contributed by atoms with Gasteiger partial charge in [0.15, 0.2) is 0 Å². The summed E-state index contributed by atoms with van der Waals surface area (Å²) >= 11 is 0. The minimum atomic E-state index is -0.174. The Balaban J connectivity index is 2.43. The largest absolute Gasteiger partial charge is 0.380 e. The lowest BCUT2D eigenvalue weighted by atomic mass is 9.93. The number of nitrogen functional groups attached to an aromatic ring is 1. The number of hydrazine groups is 1. The average molecular weight is 323 g/mol. The highest BCUT2D eigenvalue weighted by molar-refractivity contribution is 5.94. The molecule has 130 valence electrons. The molecule has 0 unspecified atom stereocenters. The van der Waals surface area contributed by atoms with E-state index in [2.05, 4.69) is 29.6 Å². The number of hydrogen-bond donors (Lipinski definition) is 4. The quantitative estimate of drug-likeness (QED) is 0.400. The zero-order valence-corrected chi connectivity index (χ0v) is 14.5. The SMILES string of the molecule is CC(C)(CN)COCC(C)(C)CNC(=O)c1ccc(NN)nc1. The number of hydrogen-bond acceptors (Lipinski definition) is 6. The Morgan fingerprint density at radius 1 is 1.22 bits per heavy atom. The van der Waals surface area contributed by atoms with Crippen molar-refractivity contribution in [2.75, 3.05) is 31.7 Å². The molecule has 0 radical (unpaired) electrons. The van der Waals surface area contributed by atoms with Crippen molar-refractivity contribution < 1.29 is 9.53 Å². The first-order valence-electron chi connectivity index (χ1n) is 7.68. The van der Waals surface area contributed by atoms with Crippen LogP contribution in [-0.2, 0) is 4.74 Å². The van der Waals surface area contributed by atoms with Crippen LogP contribution in [0.25, 0.3) is 0 Å². The number of nitrogens with one attached hydrogen (secondary N) is 2. The van der Waals surface area contributed by atoms with E-state index in [-0.39, 0.29) is 16.7 Å². The second kappa shape index (κ2) is 8.24. The van der Waals surface area contributed by atoms with Gasteiger partial charge in [0.1, 0.15) is 5.82 Å². The standard InChI is InChI=1S/C16H29N5O2/c1-15(2,8-17)10-23-11-16(3,4)9-20-14(22)12-5-6-13(21-18)19-7-12/h5-7H,8-11,17-18H2,1-4H3,(H,19,21)(H,20,22). The zero-order valence-electron chi connectivity index (χ0n) is 14.5. The maximum atomic E-state index is 12.1. The third kappa shape index (κ3) is 6.94. The first kappa shape index (κ1) is 19.3. The topological polar surface area (TPSA) is 115 Å². The lowest BCUT2D eigenvalue weighted by Crippen LogP contribution is -2.38. The summed E-state index contributed by atoms with van der Waals surface area (Å²) in [4.78, 5) is 16.1. The van der Waals surface area contributed by atoms with Crippen molar-refractivity contribution in [1.82, 2.24) is 10.3 Å². The molecule has 7 nitrogen and oxygen atoms in total. The van der Waals surface area contributed by atoms with E-state index in [1.807, 2.05) is 13.8 Å². The molecular formula is C16H29N5O2. The fourth-order valence-electron chi connectivity index (χ4n) is 1.75. The summed E-state index contributed by atoms with van der Waals surface area (Å²) in [7, 11) is 0. The van der Waals surface area contributed by atoms with Gasteiger partial charge in [-0.25, -0.2) is 10.8 Å². The van der Waals surface area contributed by atoms with Gasteiger partial charge in [0.25, 0.3) is 5.91 Å². The molecule has 0 fully saturated rings. The van der Waals surface area contributed by atoms with Crippen molar-refractivity contribution in [2.24, 2.45) is 22.4 Å². The summed E-state index contributed by atoms with van der Waals surface area (Å²) in [5.74, 6) is 5.59. The number of aromatic nitrogens is 1. The molecule has 0 saturated carbocycles. The molecule has 0 aromatic carbocycles. The molecule has 1 aromatic rings. The summed E-state index contributed by atoms with van der Waals surface area (Å²) in [6.07, 6.45) is 1.48. The van der Waals surface area contributed by atoms with Gasteiger partial charge in [-0.15, -0.1) is 0 Å². The van der Waals surface area contributed by atoms with Gasteiger partial charge in [0, 0.05) is 23.6 Å². The number of nitrogens with two attached hydrogens (primary N) is 2. The molecule has 7 heteroatoms. The second-order valence-electron chi connectivity index (χ2n) is 7.28. The summed E-state index contributed by atoms with van der Waals surface area (Å²) in [6.45, 7) is 10.4. The fourth-order valence-corrected chi connectivity index (χ4v) is 1.75. The lowest BCUT2D eigenvalue weighted by molar-refractivity contribution is 0.0183. The summed E-state index contributed by atoms with van der Waals surface area (Å²) in [6, 6.07) is 3.32. The van der Waals surface area contributed by atoms with E-state index < -0.39 is 0 Å². The highest BCUT2D eigenvalue weighted by Crippen LogP contribution is 2.18. The molecular weight excluding hydrogens is 294 g/mol. The van der Waals surface area contributed by atoms with Crippen LogP contribution in [0, 0.1) is 10.8 Å². The van der Waals surface area contributed by atoms with E-state index in [1.54, 1.807) is 12.1 Å². The Labute approximate surface area is 138 Å². The van der Waals surface area contributed by atoms with Crippen LogP contribution in [-0.4, -0.2) is 37.2 Å². The number of anilines is 1. The van der Waals surface area contributed by atoms with Crippen molar-refractivity contribution in [2.45, 2.75) is 27.7 Å². The van der Waals surface area contributed by atoms with Gasteiger partial charge in [-0.3, -0.25) is 4.79 Å². The minimum absolute atomic E-state index is 0.0379. The van der Waals surface area contributed by atoms with Crippen LogP contribution in [0.5, 0.6) is 0 Å². The van der Waals surface area contributed by atoms with Gasteiger partial charge in [0.05, 0.1) is 18.8 Å². The van der Waals surface area contributed by atoms with E-state index in [0.29, 0.717) is 37.7 Å². The molecule has 0 spiro atoms. The number of carbonyl (C=O) groups excluding carboxylic acids is 1. The molecule has 0 aliphatic carbocycles. The Morgan fingerprint density at radius 3 is 2.39 bits per heavy atom. The van der Waals surface area contributed by atoms with Crippen LogP contribution < -0.4 is 22.3 Å². The van der Waals surface area contributed by atoms with E-state index >= 15 is 0 Å². The van der Waals surface area contributed by atoms with Gasteiger partial charge in [-0.2, -0.15) is 0 Å². The smallest absolute Gasteiger partial charge is 0.252 e. The average Bonchev–Trinajstić information content (AvgIpc) is 2.52. The third-order valence-corrected chi connectivity index (χ3v) is 3.44. The molecule has 0 saturated heterocycles. The van der Waals surface area contributed by atoms with Crippen molar-refractivity contribution >= 4 is 11.7 Å². The van der Waals surface area contributed by atoms with Crippen molar-refractivity contribution in [3.05, 3.63) is 23.9 Å². The van der Waals surface area contributed by atoms with Gasteiger partial charge >= 0.3 is 0 Å². The predicted octanol–water partition coefficient (Wildman–Crippen LogP) is 1.12. The van der Waals surface area contributed by atoms with E-state index in [4.69, 9.17) is 16.3 Å². The number of amides is 1. The first-order chi connectivity index (χ1) is 10.7. The van der Waals surface area contributed by atoms with Gasteiger partial charge < -0.3 is 21.2 Å². The van der Waals surface area contributed by atoms with Gasteiger partial charge in [-0.1, -0.05) is 27.7 Å². The highest BCUT2D eigenvalue weighted by atomic mass is 16.5. The second-order valence-corrected chi connectivity index (χ2v) is 7.28. The van der Waals surface area contributed by atoms with Crippen molar-refractivity contribution in [1.29, 1.82) is 0 Å². The molecule has 0 aliphatic rings. The maximum Gasteiger partial charge on any atom is 0.252 e. The summed E-state index contributed by atoms with van der Waals surface area (Å²) < 4.78 is 5.76. The molecule has 1 heterocycles. The summed E-state index contributed by atoms with van der Waals surface area (Å²) in [5, 5.41) is 2.90. The molecule has 0 atom stereocenters. The normalized spacial score (nSPS) is 12.1. The Kier molecular flexibility index (Phi) is 6.93. The molecule has 0 aliphatic heterocycles. The van der Waals surface area contributed by atoms with Crippen LogP contribution in [0.15, 0.2) is 18.3 Å². The number of ether oxygens (including phenoxy) is 1. The Morgan fingerprint density at radius 2 is 1.87 bits per heavy atom. The minimum Gasteiger partial charge on any atom is -0.380 e. The van der Waals surface area contributed by atoms with Crippen LogP contribution in [0.2, 0.25) is 0 Å². The van der Waals surface area contributed by atoms with Crippen LogP contribution in [0.3, 0.4) is 0 Å². The van der Waals surface area contributed by atoms with Crippen LogP contribution in [0.1, 0.15) is 38.1 Å². The molecule has 6 N–H and O–H groups in total. The zero-order chi connectivity index (χ0) is 17.5. The van der Waals surface area contributed by atoms with Crippen LogP contribution in [0.4, 0.5) is 5.82 Å². The van der Waals surface area contributed by atoms with E-state index in [0.717, 1.165) is 0 Å². The van der Waals surface area contributed by atoms with Gasteiger partial charge in [-0.05, 0) is 18.7 Å². The maximum absolute atomic E-state index is 12.1. The Bertz CT molecular complexity index is 500. The molecule has 1 rings (SSSR count).